The van der Waals surface area contributed by atoms with Gasteiger partial charge in [-0.3, -0.25) is 14.5 Å². The standard InChI is InChI=1S/C28H36F2N4O3/c1-16-14-24(37-5)22(27(35)32-16)15-31-28(36)25-18(3)34(23-9-7-6-8-21(23)25)17(2)20-10-12-33(13-11-20)19(4)26(29)30/h6-9,14,17,19-20,26H,10-13,15H2,1-5H3,(H,31,36)(H,32,35)/t17-,19?/m1/s1. The fraction of sp³-hybridized carbons (Fsp3) is 0.500. The lowest BCUT2D eigenvalue weighted by atomic mass is 9.89. The van der Waals surface area contributed by atoms with E-state index in [1.54, 1.807) is 19.9 Å². The van der Waals surface area contributed by atoms with Gasteiger partial charge in [0.1, 0.15) is 5.75 Å². The molecule has 1 aliphatic heterocycles. The van der Waals surface area contributed by atoms with E-state index in [1.165, 1.54) is 7.11 Å². The van der Waals surface area contributed by atoms with Crippen molar-refractivity contribution in [3.8, 4) is 5.75 Å². The SMILES string of the molecule is COc1cc(C)[nH]c(=O)c1CNC(=O)c1c(C)n([C@H](C)C2CCN(C(C)C(F)F)CC2)c2ccccc12. The highest BCUT2D eigenvalue weighted by Crippen LogP contribution is 2.36. The highest BCUT2D eigenvalue weighted by molar-refractivity contribution is 6.08. The van der Waals surface area contributed by atoms with Gasteiger partial charge >= 0.3 is 0 Å². The molecule has 200 valence electrons. The van der Waals surface area contributed by atoms with Crippen LogP contribution in [0.1, 0.15) is 60.0 Å². The normalized spacial score (nSPS) is 16.8. The van der Waals surface area contributed by atoms with Crippen molar-refractivity contribution in [1.29, 1.82) is 0 Å². The molecular formula is C28H36F2N4O3. The Hall–Kier alpha value is -3.20. The minimum atomic E-state index is -2.35. The smallest absolute Gasteiger partial charge is 0.256 e. The van der Waals surface area contributed by atoms with Gasteiger partial charge in [-0.05, 0) is 71.7 Å². The second kappa shape index (κ2) is 11.0. The maximum atomic E-state index is 13.5. The molecule has 1 saturated heterocycles. The van der Waals surface area contributed by atoms with Gasteiger partial charge in [0.25, 0.3) is 17.9 Å². The Morgan fingerprint density at radius 2 is 1.86 bits per heavy atom. The number of pyridine rings is 1. The number of hydrogen-bond acceptors (Lipinski definition) is 4. The molecule has 2 atom stereocenters. The zero-order valence-corrected chi connectivity index (χ0v) is 22.1. The molecule has 2 N–H and O–H groups in total. The molecular weight excluding hydrogens is 478 g/mol. The number of likely N-dealkylation sites (tertiary alicyclic amines) is 1. The van der Waals surface area contributed by atoms with Gasteiger partial charge in [0.2, 0.25) is 0 Å². The number of piperidine rings is 1. The first kappa shape index (κ1) is 26.9. The predicted molar refractivity (Wildman–Crippen MR) is 141 cm³/mol. The van der Waals surface area contributed by atoms with Crippen LogP contribution in [0.2, 0.25) is 0 Å². The van der Waals surface area contributed by atoms with Gasteiger partial charge in [-0.2, -0.15) is 0 Å². The number of para-hydroxylation sites is 1. The third-order valence-electron chi connectivity index (χ3n) is 7.86. The number of amides is 1. The summed E-state index contributed by atoms with van der Waals surface area (Å²) in [5.74, 6) is 0.478. The number of halogens is 2. The Morgan fingerprint density at radius 3 is 2.51 bits per heavy atom. The number of methoxy groups -OCH3 is 1. The van der Waals surface area contributed by atoms with Crippen molar-refractivity contribution in [2.24, 2.45) is 5.92 Å². The summed E-state index contributed by atoms with van der Waals surface area (Å²) in [7, 11) is 1.50. The summed E-state index contributed by atoms with van der Waals surface area (Å²) in [4.78, 5) is 30.6. The Labute approximate surface area is 215 Å². The van der Waals surface area contributed by atoms with Crippen LogP contribution < -0.4 is 15.6 Å². The molecule has 37 heavy (non-hydrogen) atoms. The van der Waals surface area contributed by atoms with E-state index in [1.807, 2.05) is 36.1 Å². The van der Waals surface area contributed by atoms with Crippen molar-refractivity contribution in [1.82, 2.24) is 19.8 Å². The zero-order chi connectivity index (χ0) is 26.9. The van der Waals surface area contributed by atoms with Gasteiger partial charge < -0.3 is 19.6 Å². The number of nitrogens with zero attached hydrogens (tertiary/aromatic N) is 2. The van der Waals surface area contributed by atoms with Gasteiger partial charge in [-0.15, -0.1) is 0 Å². The largest absolute Gasteiger partial charge is 0.496 e. The van der Waals surface area contributed by atoms with Crippen molar-refractivity contribution in [3.05, 3.63) is 63.2 Å². The lowest BCUT2D eigenvalue weighted by Crippen LogP contribution is -2.44. The van der Waals surface area contributed by atoms with Crippen molar-refractivity contribution in [3.63, 3.8) is 0 Å². The van der Waals surface area contributed by atoms with E-state index in [9.17, 15) is 18.4 Å². The van der Waals surface area contributed by atoms with Crippen LogP contribution in [0.4, 0.5) is 8.78 Å². The molecule has 9 heteroatoms. The number of ether oxygens (including phenoxy) is 1. The Morgan fingerprint density at radius 1 is 1.19 bits per heavy atom. The fourth-order valence-corrected chi connectivity index (χ4v) is 5.67. The first-order valence-corrected chi connectivity index (χ1v) is 12.8. The molecule has 0 aliphatic carbocycles. The lowest BCUT2D eigenvalue weighted by molar-refractivity contribution is 0.0135. The lowest BCUT2D eigenvalue weighted by Gasteiger charge is -2.38. The maximum absolute atomic E-state index is 13.5. The number of carbonyl (C=O) groups is 1. The molecule has 0 radical (unpaired) electrons. The zero-order valence-electron chi connectivity index (χ0n) is 22.1. The molecule has 1 aliphatic rings. The number of aromatic nitrogens is 2. The molecule has 1 unspecified atom stereocenters. The van der Waals surface area contributed by atoms with Crippen molar-refractivity contribution < 1.29 is 18.3 Å². The number of benzene rings is 1. The van der Waals surface area contributed by atoms with Gasteiger partial charge in [-0.1, -0.05) is 18.2 Å². The molecule has 3 aromatic rings. The number of hydrogen-bond donors (Lipinski definition) is 2. The quantitative estimate of drug-likeness (QED) is 0.452. The van der Waals surface area contributed by atoms with Crippen LogP contribution in [-0.2, 0) is 6.54 Å². The third-order valence-corrected chi connectivity index (χ3v) is 7.86. The Balaban J connectivity index is 1.59. The summed E-state index contributed by atoms with van der Waals surface area (Å²) in [6.45, 7) is 8.76. The highest BCUT2D eigenvalue weighted by atomic mass is 19.3. The summed E-state index contributed by atoms with van der Waals surface area (Å²) in [6.07, 6.45) is -0.704. The van der Waals surface area contributed by atoms with E-state index in [-0.39, 0.29) is 24.1 Å². The number of aryl methyl sites for hydroxylation is 1. The summed E-state index contributed by atoms with van der Waals surface area (Å²) < 4.78 is 33.9. The van der Waals surface area contributed by atoms with Gasteiger partial charge in [0, 0.05) is 28.3 Å². The highest BCUT2D eigenvalue weighted by Gasteiger charge is 2.32. The van der Waals surface area contributed by atoms with Crippen molar-refractivity contribution in [2.75, 3.05) is 20.2 Å². The molecule has 0 saturated carbocycles. The predicted octanol–water partition coefficient (Wildman–Crippen LogP) is 4.81. The number of carbonyl (C=O) groups excluding carboxylic acids is 1. The van der Waals surface area contributed by atoms with Gasteiger partial charge in [-0.25, -0.2) is 8.78 Å². The monoisotopic (exact) mass is 514 g/mol. The number of nitrogens with one attached hydrogen (secondary N) is 2. The first-order chi connectivity index (χ1) is 17.6. The molecule has 4 rings (SSSR count). The molecule has 1 fully saturated rings. The molecule has 2 aromatic heterocycles. The Kier molecular flexibility index (Phi) is 8.02. The van der Waals surface area contributed by atoms with E-state index < -0.39 is 12.5 Å². The van der Waals surface area contributed by atoms with Crippen LogP contribution in [0.15, 0.2) is 35.1 Å². The summed E-state index contributed by atoms with van der Waals surface area (Å²) >= 11 is 0. The van der Waals surface area contributed by atoms with E-state index >= 15 is 0 Å². The van der Waals surface area contributed by atoms with Gasteiger partial charge in [0.15, 0.2) is 0 Å². The molecule has 7 nitrogen and oxygen atoms in total. The summed E-state index contributed by atoms with van der Waals surface area (Å²) in [5.41, 5.74) is 3.14. The van der Waals surface area contributed by atoms with E-state index in [4.69, 9.17) is 4.74 Å². The van der Waals surface area contributed by atoms with E-state index in [0.717, 1.165) is 29.4 Å². The molecule has 1 aromatic carbocycles. The summed E-state index contributed by atoms with van der Waals surface area (Å²) in [6, 6.07) is 8.90. The number of aromatic amines is 1. The number of H-pyrrole nitrogens is 1. The van der Waals surface area contributed by atoms with Crippen molar-refractivity contribution in [2.45, 2.75) is 65.6 Å². The number of fused-ring (bicyclic) bond motifs is 1. The van der Waals surface area contributed by atoms with Crippen LogP contribution in [-0.4, -0.2) is 53.0 Å². The van der Waals surface area contributed by atoms with Crippen LogP contribution in [0.25, 0.3) is 10.9 Å². The Bertz CT molecular complexity index is 1320. The third kappa shape index (κ3) is 5.28. The second-order valence-electron chi connectivity index (χ2n) is 10.0. The van der Waals surface area contributed by atoms with Gasteiger partial charge in [0.05, 0.1) is 30.8 Å². The van der Waals surface area contributed by atoms with Crippen LogP contribution in [0.5, 0.6) is 5.75 Å². The fourth-order valence-electron chi connectivity index (χ4n) is 5.67. The van der Waals surface area contributed by atoms with E-state index in [2.05, 4.69) is 21.8 Å². The number of rotatable bonds is 8. The van der Waals surface area contributed by atoms with E-state index in [0.29, 0.717) is 41.6 Å². The number of alkyl halides is 2. The second-order valence-corrected chi connectivity index (χ2v) is 10.0. The van der Waals surface area contributed by atoms with Crippen molar-refractivity contribution >= 4 is 16.8 Å². The van der Waals surface area contributed by atoms with Crippen LogP contribution in [0, 0.1) is 19.8 Å². The average molecular weight is 515 g/mol. The van der Waals surface area contributed by atoms with Crippen LogP contribution >= 0.6 is 0 Å². The average Bonchev–Trinajstić information content (AvgIpc) is 3.18. The summed E-state index contributed by atoms with van der Waals surface area (Å²) in [5, 5.41) is 3.76. The van der Waals surface area contributed by atoms with Crippen LogP contribution in [0.3, 0.4) is 0 Å². The maximum Gasteiger partial charge on any atom is 0.256 e. The molecule has 3 heterocycles. The molecule has 1 amide bonds. The minimum Gasteiger partial charge on any atom is -0.496 e. The minimum absolute atomic E-state index is 0.0346. The topological polar surface area (TPSA) is 79.4 Å². The first-order valence-electron chi connectivity index (χ1n) is 12.8. The molecule has 0 bridgehead atoms. The molecule has 0 spiro atoms.